The molecule has 1 aromatic heterocycles. The quantitative estimate of drug-likeness (QED) is 0.817. The molecule has 0 aromatic carbocycles. The minimum Gasteiger partial charge on any atom is -0.397 e. The van der Waals surface area contributed by atoms with Crippen LogP contribution in [-0.2, 0) is 4.74 Å². The molecule has 1 aromatic rings. The van der Waals surface area contributed by atoms with Crippen molar-refractivity contribution in [3.8, 4) is 0 Å². The van der Waals surface area contributed by atoms with E-state index < -0.39 is 0 Å². The van der Waals surface area contributed by atoms with Crippen LogP contribution in [-0.4, -0.2) is 24.7 Å². The summed E-state index contributed by atoms with van der Waals surface area (Å²) in [5.74, 6) is 1.51. The van der Waals surface area contributed by atoms with E-state index in [4.69, 9.17) is 10.5 Å². The van der Waals surface area contributed by atoms with Gasteiger partial charge in [0.15, 0.2) is 0 Å². The summed E-state index contributed by atoms with van der Waals surface area (Å²) in [6, 6.07) is 1.99. The van der Waals surface area contributed by atoms with Crippen LogP contribution in [0, 0.1) is 12.8 Å². The number of rotatable bonds is 3. The standard InChI is InChI=1S/C12H19N3O/c1-9-5-12(15-7-11(9)13)14-6-10-3-2-4-16-8-10/h5,7,10H,2-4,6,8,13H2,1H3,(H,14,15). The second-order valence-corrected chi connectivity index (χ2v) is 4.39. The maximum Gasteiger partial charge on any atom is 0.126 e. The Kier molecular flexibility index (Phi) is 3.62. The number of aromatic nitrogens is 1. The van der Waals surface area contributed by atoms with Crippen LogP contribution in [0.4, 0.5) is 11.5 Å². The maximum absolute atomic E-state index is 5.72. The Morgan fingerprint density at radius 3 is 3.19 bits per heavy atom. The summed E-state index contributed by atoms with van der Waals surface area (Å²) >= 11 is 0. The summed E-state index contributed by atoms with van der Waals surface area (Å²) in [5.41, 5.74) is 7.53. The zero-order valence-corrected chi connectivity index (χ0v) is 9.70. The molecule has 1 saturated heterocycles. The number of nitrogens with zero attached hydrogens (tertiary/aromatic N) is 1. The average Bonchev–Trinajstić information content (AvgIpc) is 2.32. The van der Waals surface area contributed by atoms with Crippen LogP contribution in [0.5, 0.6) is 0 Å². The van der Waals surface area contributed by atoms with Gasteiger partial charge in [-0.1, -0.05) is 0 Å². The highest BCUT2D eigenvalue weighted by Crippen LogP contribution is 2.16. The van der Waals surface area contributed by atoms with Gasteiger partial charge in [0.25, 0.3) is 0 Å². The summed E-state index contributed by atoms with van der Waals surface area (Å²) in [6.45, 7) is 4.69. The van der Waals surface area contributed by atoms with Gasteiger partial charge in [0, 0.05) is 13.2 Å². The van der Waals surface area contributed by atoms with Crippen molar-refractivity contribution in [2.45, 2.75) is 19.8 Å². The van der Waals surface area contributed by atoms with Crippen molar-refractivity contribution >= 4 is 11.5 Å². The molecule has 0 amide bonds. The van der Waals surface area contributed by atoms with Gasteiger partial charge in [-0.25, -0.2) is 4.98 Å². The lowest BCUT2D eigenvalue weighted by molar-refractivity contribution is 0.0595. The molecule has 88 valence electrons. The Labute approximate surface area is 96.2 Å². The molecule has 1 unspecified atom stereocenters. The van der Waals surface area contributed by atoms with E-state index in [1.54, 1.807) is 6.20 Å². The highest BCUT2D eigenvalue weighted by Gasteiger charge is 2.13. The minimum absolute atomic E-state index is 0.605. The first-order chi connectivity index (χ1) is 7.75. The Balaban J connectivity index is 1.86. The largest absolute Gasteiger partial charge is 0.397 e. The third-order valence-electron chi connectivity index (χ3n) is 2.98. The van der Waals surface area contributed by atoms with Gasteiger partial charge in [-0.15, -0.1) is 0 Å². The number of anilines is 2. The van der Waals surface area contributed by atoms with E-state index in [1.807, 2.05) is 13.0 Å². The maximum atomic E-state index is 5.72. The molecule has 1 fully saturated rings. The highest BCUT2D eigenvalue weighted by atomic mass is 16.5. The van der Waals surface area contributed by atoms with E-state index in [2.05, 4.69) is 10.3 Å². The van der Waals surface area contributed by atoms with E-state index in [9.17, 15) is 0 Å². The summed E-state index contributed by atoms with van der Waals surface area (Å²) < 4.78 is 5.43. The number of nitrogens with two attached hydrogens (primary N) is 1. The Bertz CT molecular complexity index is 348. The lowest BCUT2D eigenvalue weighted by atomic mass is 10.0. The fraction of sp³-hybridized carbons (Fsp3) is 0.583. The lowest BCUT2D eigenvalue weighted by Crippen LogP contribution is -2.24. The predicted molar refractivity (Wildman–Crippen MR) is 65.4 cm³/mol. The molecule has 1 atom stereocenters. The Hall–Kier alpha value is -1.29. The molecule has 3 N–H and O–H groups in total. The zero-order valence-electron chi connectivity index (χ0n) is 9.70. The van der Waals surface area contributed by atoms with Crippen molar-refractivity contribution in [3.05, 3.63) is 17.8 Å². The normalized spacial score (nSPS) is 20.7. The summed E-state index contributed by atoms with van der Waals surface area (Å²) in [5, 5.41) is 3.34. The number of ether oxygens (including phenoxy) is 1. The Morgan fingerprint density at radius 1 is 1.62 bits per heavy atom. The second kappa shape index (κ2) is 5.16. The van der Waals surface area contributed by atoms with Gasteiger partial charge in [-0.3, -0.25) is 0 Å². The number of pyridine rings is 1. The van der Waals surface area contributed by atoms with E-state index >= 15 is 0 Å². The van der Waals surface area contributed by atoms with Crippen molar-refractivity contribution in [2.75, 3.05) is 30.8 Å². The van der Waals surface area contributed by atoms with Gasteiger partial charge >= 0.3 is 0 Å². The lowest BCUT2D eigenvalue weighted by Gasteiger charge is -2.22. The van der Waals surface area contributed by atoms with Crippen molar-refractivity contribution < 1.29 is 4.74 Å². The average molecular weight is 221 g/mol. The topological polar surface area (TPSA) is 60.2 Å². The number of hydrogen-bond acceptors (Lipinski definition) is 4. The van der Waals surface area contributed by atoms with E-state index in [1.165, 1.54) is 12.8 Å². The molecule has 4 nitrogen and oxygen atoms in total. The van der Waals surface area contributed by atoms with Crippen LogP contribution in [0.2, 0.25) is 0 Å². The zero-order chi connectivity index (χ0) is 11.4. The van der Waals surface area contributed by atoms with E-state index in [0.717, 1.165) is 36.8 Å². The van der Waals surface area contributed by atoms with Crippen molar-refractivity contribution in [1.82, 2.24) is 4.98 Å². The van der Waals surface area contributed by atoms with Crippen LogP contribution in [0.15, 0.2) is 12.3 Å². The molecular weight excluding hydrogens is 202 g/mol. The number of aryl methyl sites for hydroxylation is 1. The molecule has 0 saturated carbocycles. The highest BCUT2D eigenvalue weighted by molar-refractivity contribution is 5.50. The van der Waals surface area contributed by atoms with Gasteiger partial charge < -0.3 is 15.8 Å². The smallest absolute Gasteiger partial charge is 0.126 e. The van der Waals surface area contributed by atoms with E-state index in [-0.39, 0.29) is 0 Å². The van der Waals surface area contributed by atoms with Gasteiger partial charge in [-0.05, 0) is 37.3 Å². The molecule has 4 heteroatoms. The minimum atomic E-state index is 0.605. The van der Waals surface area contributed by atoms with Crippen LogP contribution < -0.4 is 11.1 Å². The molecule has 0 bridgehead atoms. The SMILES string of the molecule is Cc1cc(NCC2CCCOC2)ncc1N. The first kappa shape index (κ1) is 11.2. The third-order valence-corrected chi connectivity index (χ3v) is 2.98. The Morgan fingerprint density at radius 2 is 2.50 bits per heavy atom. The van der Waals surface area contributed by atoms with Gasteiger partial charge in [0.05, 0.1) is 18.5 Å². The number of hydrogen-bond donors (Lipinski definition) is 2. The summed E-state index contributed by atoms with van der Waals surface area (Å²) in [4.78, 5) is 4.25. The molecule has 0 aliphatic carbocycles. The fourth-order valence-electron chi connectivity index (χ4n) is 1.88. The second-order valence-electron chi connectivity index (χ2n) is 4.39. The first-order valence-electron chi connectivity index (χ1n) is 5.79. The van der Waals surface area contributed by atoms with Crippen molar-refractivity contribution in [2.24, 2.45) is 5.92 Å². The molecule has 0 spiro atoms. The summed E-state index contributed by atoms with van der Waals surface area (Å²) in [7, 11) is 0. The molecule has 0 radical (unpaired) electrons. The van der Waals surface area contributed by atoms with Crippen LogP contribution in [0.1, 0.15) is 18.4 Å². The van der Waals surface area contributed by atoms with Gasteiger partial charge in [0.2, 0.25) is 0 Å². The number of nitrogen functional groups attached to an aromatic ring is 1. The molecule has 2 rings (SSSR count). The van der Waals surface area contributed by atoms with Gasteiger partial charge in [0.1, 0.15) is 5.82 Å². The van der Waals surface area contributed by atoms with Crippen LogP contribution in [0.3, 0.4) is 0 Å². The molecule has 1 aliphatic heterocycles. The first-order valence-corrected chi connectivity index (χ1v) is 5.79. The molecule has 2 heterocycles. The molecule has 1 aliphatic rings. The number of nitrogens with one attached hydrogen (secondary N) is 1. The van der Waals surface area contributed by atoms with Crippen molar-refractivity contribution in [1.29, 1.82) is 0 Å². The molecular formula is C12H19N3O. The monoisotopic (exact) mass is 221 g/mol. The predicted octanol–water partition coefficient (Wildman–Crippen LogP) is 1.81. The van der Waals surface area contributed by atoms with Crippen LogP contribution in [0.25, 0.3) is 0 Å². The van der Waals surface area contributed by atoms with Crippen molar-refractivity contribution in [3.63, 3.8) is 0 Å². The molecule has 16 heavy (non-hydrogen) atoms. The van der Waals surface area contributed by atoms with Crippen LogP contribution >= 0.6 is 0 Å². The summed E-state index contributed by atoms with van der Waals surface area (Å²) in [6.07, 6.45) is 4.11. The fourth-order valence-corrected chi connectivity index (χ4v) is 1.88. The van der Waals surface area contributed by atoms with Gasteiger partial charge in [-0.2, -0.15) is 0 Å². The van der Waals surface area contributed by atoms with E-state index in [0.29, 0.717) is 5.92 Å². The third kappa shape index (κ3) is 2.85.